The van der Waals surface area contributed by atoms with Crippen LogP contribution in [0.1, 0.15) is 20.7 Å². The van der Waals surface area contributed by atoms with Gasteiger partial charge in [-0.05, 0) is 59.0 Å². The lowest BCUT2D eigenvalue weighted by atomic mass is 10.1. The Bertz CT molecular complexity index is 1390. The number of carbonyl (C=O) groups excluding carboxylic acids is 2. The van der Waals surface area contributed by atoms with Crippen molar-refractivity contribution in [1.29, 1.82) is 0 Å². The van der Waals surface area contributed by atoms with Gasteiger partial charge in [0.15, 0.2) is 11.0 Å². The normalized spacial score (nSPS) is 13.1. The van der Waals surface area contributed by atoms with Crippen molar-refractivity contribution in [2.75, 3.05) is 19.4 Å². The molecule has 10 heteroatoms. The van der Waals surface area contributed by atoms with Gasteiger partial charge in [0, 0.05) is 27.8 Å². The summed E-state index contributed by atoms with van der Waals surface area (Å²) in [6.07, 6.45) is 1.63. The van der Waals surface area contributed by atoms with Gasteiger partial charge in [0.25, 0.3) is 11.8 Å². The molecule has 0 fully saturated rings. The van der Waals surface area contributed by atoms with Crippen LogP contribution in [-0.2, 0) is 6.54 Å². The number of halogens is 1. The fourth-order valence-electron chi connectivity index (χ4n) is 3.77. The molecule has 2 aromatic carbocycles. The number of fused-ring (bicyclic) bond motifs is 2. The maximum atomic E-state index is 12.8. The molecule has 1 aliphatic heterocycles. The molecule has 33 heavy (non-hydrogen) atoms. The van der Waals surface area contributed by atoms with Gasteiger partial charge in [-0.2, -0.15) is 0 Å². The van der Waals surface area contributed by atoms with E-state index >= 15 is 0 Å². The van der Waals surface area contributed by atoms with Crippen LogP contribution in [0.4, 0.5) is 5.82 Å². The minimum Gasteiger partial charge on any atom is -0.497 e. The summed E-state index contributed by atoms with van der Waals surface area (Å²) >= 11 is 3.74. The van der Waals surface area contributed by atoms with Crippen molar-refractivity contribution < 1.29 is 14.3 Å². The third-order valence-corrected chi connectivity index (χ3v) is 7.78. The van der Waals surface area contributed by atoms with E-state index in [1.807, 2.05) is 28.8 Å². The molecule has 2 N–H and O–H groups in total. The number of imide groups is 1. The van der Waals surface area contributed by atoms with Crippen molar-refractivity contribution in [3.8, 4) is 5.75 Å². The highest BCUT2D eigenvalue weighted by Gasteiger charge is 2.35. The second kappa shape index (κ2) is 8.67. The topological polar surface area (TPSA) is 103 Å². The number of rotatable bonds is 6. The van der Waals surface area contributed by atoms with E-state index in [9.17, 15) is 9.59 Å². The molecule has 0 saturated carbocycles. The number of imidazole rings is 1. The quantitative estimate of drug-likeness (QED) is 0.275. The zero-order valence-electron chi connectivity index (χ0n) is 17.5. The van der Waals surface area contributed by atoms with E-state index in [2.05, 4.69) is 27.6 Å². The standard InChI is InChI=1S/C23H18IN5O3S/c1-32-13-6-7-16(24)18(12-13)33-23-27-19-17(8-9-26-20(19)25)28(23)10-11-29-21(30)14-4-2-3-5-15(14)22(29)31/h2-9,12H,10-11H2,1H3,(H2,25,26). The van der Waals surface area contributed by atoms with Gasteiger partial charge in [-0.3, -0.25) is 14.5 Å². The van der Waals surface area contributed by atoms with Gasteiger partial charge < -0.3 is 15.0 Å². The average molecular weight is 571 g/mol. The lowest BCUT2D eigenvalue weighted by Gasteiger charge is -2.16. The Morgan fingerprint density at radius 1 is 1.06 bits per heavy atom. The number of nitrogen functional groups attached to an aromatic ring is 1. The maximum absolute atomic E-state index is 12.8. The lowest BCUT2D eigenvalue weighted by Crippen LogP contribution is -2.33. The molecule has 0 bridgehead atoms. The first-order chi connectivity index (χ1) is 16.0. The van der Waals surface area contributed by atoms with Crippen molar-refractivity contribution in [3.05, 3.63) is 69.4 Å². The van der Waals surface area contributed by atoms with Crippen LogP contribution in [0.2, 0.25) is 0 Å². The number of benzene rings is 2. The van der Waals surface area contributed by atoms with E-state index in [0.717, 1.165) is 19.7 Å². The summed E-state index contributed by atoms with van der Waals surface area (Å²) in [6, 6.07) is 14.5. The fraction of sp³-hybridized carbons (Fsp3) is 0.130. The van der Waals surface area contributed by atoms with Crippen molar-refractivity contribution >= 4 is 63.0 Å². The van der Waals surface area contributed by atoms with Gasteiger partial charge in [0.05, 0.1) is 23.8 Å². The van der Waals surface area contributed by atoms with Crippen LogP contribution >= 0.6 is 34.4 Å². The van der Waals surface area contributed by atoms with Crippen molar-refractivity contribution in [3.63, 3.8) is 0 Å². The largest absolute Gasteiger partial charge is 0.497 e. The first-order valence-corrected chi connectivity index (χ1v) is 11.9. The molecule has 0 unspecified atom stereocenters. The molecule has 0 spiro atoms. The van der Waals surface area contributed by atoms with Gasteiger partial charge in [-0.25, -0.2) is 9.97 Å². The summed E-state index contributed by atoms with van der Waals surface area (Å²) in [5.41, 5.74) is 8.34. The van der Waals surface area contributed by atoms with Gasteiger partial charge in [-0.15, -0.1) is 0 Å². The highest BCUT2D eigenvalue weighted by Crippen LogP contribution is 2.36. The smallest absolute Gasteiger partial charge is 0.261 e. The van der Waals surface area contributed by atoms with Crippen LogP contribution in [0.25, 0.3) is 11.0 Å². The Morgan fingerprint density at radius 2 is 1.79 bits per heavy atom. The van der Waals surface area contributed by atoms with E-state index < -0.39 is 0 Å². The molecule has 1 aliphatic rings. The predicted octanol–water partition coefficient (Wildman–Crippen LogP) is 4.07. The molecule has 0 radical (unpaired) electrons. The van der Waals surface area contributed by atoms with E-state index in [1.165, 1.54) is 16.7 Å². The number of nitrogens with two attached hydrogens (primary N) is 1. The van der Waals surface area contributed by atoms with Gasteiger partial charge in [0.1, 0.15) is 11.3 Å². The van der Waals surface area contributed by atoms with Gasteiger partial charge in [0.2, 0.25) is 0 Å². The van der Waals surface area contributed by atoms with Crippen LogP contribution < -0.4 is 10.5 Å². The summed E-state index contributed by atoms with van der Waals surface area (Å²) in [5, 5.41) is 0.687. The van der Waals surface area contributed by atoms with Crippen molar-refractivity contribution in [2.45, 2.75) is 16.6 Å². The molecule has 2 amide bonds. The maximum Gasteiger partial charge on any atom is 0.261 e. The van der Waals surface area contributed by atoms with Gasteiger partial charge in [-0.1, -0.05) is 23.9 Å². The summed E-state index contributed by atoms with van der Waals surface area (Å²) in [7, 11) is 1.63. The Morgan fingerprint density at radius 3 is 2.48 bits per heavy atom. The minimum atomic E-state index is -0.280. The number of hydrogen-bond acceptors (Lipinski definition) is 7. The Balaban J connectivity index is 1.50. The van der Waals surface area contributed by atoms with Crippen LogP contribution in [0.3, 0.4) is 0 Å². The molecule has 8 nitrogen and oxygen atoms in total. The predicted molar refractivity (Wildman–Crippen MR) is 134 cm³/mol. The highest BCUT2D eigenvalue weighted by molar-refractivity contribution is 14.1. The molecule has 4 aromatic rings. The zero-order valence-corrected chi connectivity index (χ0v) is 20.5. The van der Waals surface area contributed by atoms with E-state index in [1.54, 1.807) is 37.6 Å². The third-order valence-electron chi connectivity index (χ3n) is 5.43. The summed E-state index contributed by atoms with van der Waals surface area (Å²) < 4.78 is 8.38. The van der Waals surface area contributed by atoms with Crippen LogP contribution in [-0.4, -0.2) is 44.9 Å². The molecular formula is C23H18IN5O3S. The Hall–Kier alpha value is -3.12. The third kappa shape index (κ3) is 3.82. The molecule has 3 heterocycles. The van der Waals surface area contributed by atoms with Crippen LogP contribution in [0.15, 0.2) is 64.8 Å². The molecule has 0 saturated heterocycles. The zero-order chi connectivity index (χ0) is 23.1. The number of pyridine rings is 1. The second-order valence-electron chi connectivity index (χ2n) is 7.32. The molecule has 2 aromatic heterocycles. The minimum absolute atomic E-state index is 0.211. The molecule has 0 aliphatic carbocycles. The monoisotopic (exact) mass is 571 g/mol. The van der Waals surface area contributed by atoms with Crippen LogP contribution in [0.5, 0.6) is 5.75 Å². The SMILES string of the molecule is COc1ccc(I)c(Sc2nc3c(N)nccc3n2CCN2C(=O)c3ccccc3C2=O)c1. The van der Waals surface area contributed by atoms with E-state index in [4.69, 9.17) is 15.5 Å². The van der Waals surface area contributed by atoms with Crippen molar-refractivity contribution in [2.24, 2.45) is 0 Å². The molecule has 0 atom stereocenters. The average Bonchev–Trinajstić information content (AvgIpc) is 3.29. The number of anilines is 1. The number of methoxy groups -OCH3 is 1. The van der Waals surface area contributed by atoms with Crippen molar-refractivity contribution in [1.82, 2.24) is 19.4 Å². The first kappa shape index (κ1) is 21.7. The molecule has 5 rings (SSSR count). The van der Waals surface area contributed by atoms with Crippen LogP contribution in [0, 0.1) is 3.57 Å². The number of ether oxygens (including phenoxy) is 1. The van der Waals surface area contributed by atoms with E-state index in [0.29, 0.717) is 34.2 Å². The summed E-state index contributed by atoms with van der Waals surface area (Å²) in [6.45, 7) is 0.580. The first-order valence-electron chi connectivity index (χ1n) is 10.0. The number of hydrogen-bond donors (Lipinski definition) is 1. The number of amides is 2. The second-order valence-corrected chi connectivity index (χ2v) is 9.49. The Labute approximate surface area is 207 Å². The Kier molecular flexibility index (Phi) is 5.71. The van der Waals surface area contributed by atoms with Gasteiger partial charge >= 0.3 is 0 Å². The highest BCUT2D eigenvalue weighted by atomic mass is 127. The molecular weight excluding hydrogens is 553 g/mol. The number of nitrogens with zero attached hydrogens (tertiary/aromatic N) is 4. The number of aromatic nitrogens is 3. The van der Waals surface area contributed by atoms with E-state index in [-0.39, 0.29) is 18.4 Å². The summed E-state index contributed by atoms with van der Waals surface area (Å²) in [4.78, 5) is 36.8. The lowest BCUT2D eigenvalue weighted by molar-refractivity contribution is 0.0648. The number of carbonyl (C=O) groups is 2. The molecule has 166 valence electrons. The summed E-state index contributed by atoms with van der Waals surface area (Å²) in [5.74, 6) is 0.512. The fourth-order valence-corrected chi connectivity index (χ4v) is 5.41.